The number of rotatable bonds is 2. The number of halogens is 3. The Morgan fingerprint density at radius 2 is 1.88 bits per heavy atom. The van der Waals surface area contributed by atoms with Crippen molar-refractivity contribution in [2.45, 2.75) is 6.18 Å². The number of hydrogen-bond donors (Lipinski definition) is 3. The van der Waals surface area contributed by atoms with Crippen molar-refractivity contribution in [3.8, 4) is 0 Å². The maximum absolute atomic E-state index is 12.7. The third kappa shape index (κ3) is 2.32. The highest BCUT2D eigenvalue weighted by molar-refractivity contribution is 5.70. The van der Waals surface area contributed by atoms with Gasteiger partial charge in [0.05, 0.1) is 17.4 Å². The van der Waals surface area contributed by atoms with Gasteiger partial charge in [-0.15, -0.1) is 0 Å². The molecule has 0 atom stereocenters. The van der Waals surface area contributed by atoms with Crippen molar-refractivity contribution in [3.63, 3.8) is 0 Å². The van der Waals surface area contributed by atoms with Crippen LogP contribution in [0.15, 0.2) is 30.5 Å². The van der Waals surface area contributed by atoms with Crippen LogP contribution in [0.3, 0.4) is 0 Å². The predicted molar refractivity (Wildman–Crippen MR) is 57.7 cm³/mol. The fraction of sp³-hybridized carbons (Fsp3) is 0.100. The van der Waals surface area contributed by atoms with Crippen molar-refractivity contribution in [2.75, 3.05) is 11.1 Å². The Morgan fingerprint density at radius 1 is 1.18 bits per heavy atom. The minimum absolute atomic E-state index is 0.0619. The van der Waals surface area contributed by atoms with Gasteiger partial charge in [-0.3, -0.25) is 5.10 Å². The van der Waals surface area contributed by atoms with E-state index in [4.69, 9.17) is 5.73 Å². The van der Waals surface area contributed by atoms with Gasteiger partial charge in [0.15, 0.2) is 0 Å². The Labute approximate surface area is 94.6 Å². The van der Waals surface area contributed by atoms with Crippen LogP contribution in [0, 0.1) is 0 Å². The number of aromatic amines is 1. The van der Waals surface area contributed by atoms with E-state index >= 15 is 0 Å². The van der Waals surface area contributed by atoms with Crippen molar-refractivity contribution in [1.82, 2.24) is 10.2 Å². The van der Waals surface area contributed by atoms with Crippen LogP contribution in [0.2, 0.25) is 0 Å². The minimum atomic E-state index is -4.41. The number of nitrogens with two attached hydrogens (primary N) is 1. The van der Waals surface area contributed by atoms with Crippen LogP contribution in [0.4, 0.5) is 30.4 Å². The van der Waals surface area contributed by atoms with E-state index in [1.807, 2.05) is 0 Å². The van der Waals surface area contributed by atoms with Gasteiger partial charge in [0.1, 0.15) is 11.5 Å². The summed E-state index contributed by atoms with van der Waals surface area (Å²) in [4.78, 5) is 0. The first kappa shape index (κ1) is 11.3. The number of aromatic nitrogens is 2. The lowest BCUT2D eigenvalue weighted by Gasteiger charge is -2.13. The van der Waals surface area contributed by atoms with Crippen molar-refractivity contribution in [1.29, 1.82) is 0 Å². The van der Waals surface area contributed by atoms with Gasteiger partial charge in [0.25, 0.3) is 0 Å². The number of hydrogen-bond acceptors (Lipinski definition) is 3. The molecule has 0 aliphatic heterocycles. The smallest absolute Gasteiger partial charge is 0.382 e. The van der Waals surface area contributed by atoms with Crippen LogP contribution in [0.5, 0.6) is 0 Å². The zero-order valence-corrected chi connectivity index (χ0v) is 8.55. The van der Waals surface area contributed by atoms with E-state index in [9.17, 15) is 13.2 Å². The normalized spacial score (nSPS) is 11.5. The largest absolute Gasteiger partial charge is 0.418 e. The second-order valence-electron chi connectivity index (χ2n) is 3.37. The van der Waals surface area contributed by atoms with E-state index in [0.717, 1.165) is 6.07 Å². The molecule has 0 saturated heterocycles. The van der Waals surface area contributed by atoms with Crippen molar-refractivity contribution in [2.24, 2.45) is 0 Å². The highest BCUT2D eigenvalue weighted by Crippen LogP contribution is 2.36. The van der Waals surface area contributed by atoms with E-state index in [0.29, 0.717) is 5.69 Å². The number of benzene rings is 1. The Hall–Kier alpha value is -2.18. The van der Waals surface area contributed by atoms with E-state index in [1.54, 1.807) is 0 Å². The van der Waals surface area contributed by atoms with Gasteiger partial charge in [0.2, 0.25) is 0 Å². The van der Waals surface area contributed by atoms with Crippen LogP contribution in [0.25, 0.3) is 0 Å². The van der Waals surface area contributed by atoms with Gasteiger partial charge in [-0.2, -0.15) is 18.3 Å². The molecule has 0 saturated carbocycles. The van der Waals surface area contributed by atoms with E-state index in [1.165, 1.54) is 24.4 Å². The number of anilines is 3. The summed E-state index contributed by atoms with van der Waals surface area (Å²) >= 11 is 0. The highest BCUT2D eigenvalue weighted by Gasteiger charge is 2.33. The Balaban J connectivity index is 2.37. The zero-order valence-electron chi connectivity index (χ0n) is 8.55. The molecule has 1 heterocycles. The average molecular weight is 242 g/mol. The molecule has 7 heteroatoms. The minimum Gasteiger partial charge on any atom is -0.382 e. The highest BCUT2D eigenvalue weighted by atomic mass is 19.4. The summed E-state index contributed by atoms with van der Waals surface area (Å²) in [5, 5.41) is 8.64. The average Bonchev–Trinajstić information content (AvgIpc) is 2.64. The maximum Gasteiger partial charge on any atom is 0.418 e. The molecule has 2 rings (SSSR count). The number of nitrogens with one attached hydrogen (secondary N) is 2. The van der Waals surface area contributed by atoms with Gasteiger partial charge in [-0.1, -0.05) is 12.1 Å². The standard InChI is InChI=1S/C10H9F3N4/c11-10(12,13)6-3-1-2-4-7(6)16-8-5-15-17-9(8)14/h1-5,16H,(H3,14,15,17). The molecular formula is C10H9F3N4. The molecular weight excluding hydrogens is 233 g/mol. The summed E-state index contributed by atoms with van der Waals surface area (Å²) in [5.41, 5.74) is 4.98. The van der Waals surface area contributed by atoms with Gasteiger partial charge >= 0.3 is 6.18 Å². The summed E-state index contributed by atoms with van der Waals surface area (Å²) in [5.74, 6) is 0.182. The van der Waals surface area contributed by atoms with Gasteiger partial charge in [0, 0.05) is 0 Å². The van der Waals surface area contributed by atoms with Crippen LogP contribution in [0.1, 0.15) is 5.56 Å². The summed E-state index contributed by atoms with van der Waals surface area (Å²) in [6.07, 6.45) is -3.09. The fourth-order valence-corrected chi connectivity index (χ4v) is 1.38. The van der Waals surface area contributed by atoms with Crippen LogP contribution >= 0.6 is 0 Å². The molecule has 0 radical (unpaired) electrons. The molecule has 0 aliphatic rings. The Bertz CT molecular complexity index is 518. The van der Waals surface area contributed by atoms with Crippen molar-refractivity contribution < 1.29 is 13.2 Å². The lowest BCUT2D eigenvalue weighted by Crippen LogP contribution is -2.08. The Kier molecular flexibility index (Phi) is 2.66. The number of nitrogen functional groups attached to an aromatic ring is 1. The summed E-state index contributed by atoms with van der Waals surface area (Å²) in [6, 6.07) is 5.16. The molecule has 0 amide bonds. The van der Waals surface area contributed by atoms with E-state index < -0.39 is 11.7 Å². The molecule has 0 unspecified atom stereocenters. The quantitative estimate of drug-likeness (QED) is 0.758. The molecule has 1 aromatic heterocycles. The molecule has 1 aromatic carbocycles. The first-order valence-corrected chi connectivity index (χ1v) is 4.70. The first-order valence-electron chi connectivity index (χ1n) is 4.70. The number of nitrogens with zero attached hydrogens (tertiary/aromatic N) is 1. The van der Waals surface area contributed by atoms with Crippen molar-refractivity contribution in [3.05, 3.63) is 36.0 Å². The molecule has 4 nitrogen and oxygen atoms in total. The number of para-hydroxylation sites is 1. The summed E-state index contributed by atoms with van der Waals surface area (Å²) in [6.45, 7) is 0. The van der Waals surface area contributed by atoms with Gasteiger partial charge in [-0.05, 0) is 12.1 Å². The second-order valence-corrected chi connectivity index (χ2v) is 3.37. The topological polar surface area (TPSA) is 66.7 Å². The predicted octanol–water partition coefficient (Wildman–Crippen LogP) is 2.75. The van der Waals surface area contributed by atoms with Crippen LogP contribution in [-0.2, 0) is 6.18 Å². The van der Waals surface area contributed by atoms with Crippen LogP contribution < -0.4 is 11.1 Å². The molecule has 4 N–H and O–H groups in total. The number of alkyl halides is 3. The molecule has 0 bridgehead atoms. The fourth-order valence-electron chi connectivity index (χ4n) is 1.38. The number of H-pyrrole nitrogens is 1. The summed E-state index contributed by atoms with van der Waals surface area (Å²) in [7, 11) is 0. The Morgan fingerprint density at radius 3 is 2.47 bits per heavy atom. The lowest BCUT2D eigenvalue weighted by molar-refractivity contribution is -0.136. The van der Waals surface area contributed by atoms with Crippen molar-refractivity contribution >= 4 is 17.2 Å². The molecule has 2 aromatic rings. The SMILES string of the molecule is Nc1[nH]ncc1Nc1ccccc1C(F)(F)F. The molecule has 0 spiro atoms. The van der Waals surface area contributed by atoms with Gasteiger partial charge in [-0.25, -0.2) is 0 Å². The molecule has 0 aliphatic carbocycles. The van der Waals surface area contributed by atoms with E-state index in [2.05, 4.69) is 15.5 Å². The maximum atomic E-state index is 12.7. The summed E-state index contributed by atoms with van der Waals surface area (Å²) < 4.78 is 38.0. The molecule has 90 valence electrons. The lowest BCUT2D eigenvalue weighted by atomic mass is 10.1. The second kappa shape index (κ2) is 4.00. The third-order valence-corrected chi connectivity index (χ3v) is 2.17. The van der Waals surface area contributed by atoms with Gasteiger partial charge < -0.3 is 11.1 Å². The van der Waals surface area contributed by atoms with Crippen LogP contribution in [-0.4, -0.2) is 10.2 Å². The zero-order chi connectivity index (χ0) is 12.5. The first-order chi connectivity index (χ1) is 7.98. The molecule has 0 fully saturated rings. The monoisotopic (exact) mass is 242 g/mol. The van der Waals surface area contributed by atoms with E-state index in [-0.39, 0.29) is 11.5 Å². The third-order valence-electron chi connectivity index (χ3n) is 2.17. The molecule has 17 heavy (non-hydrogen) atoms.